The Labute approximate surface area is 170 Å². The molecule has 6 nitrogen and oxygen atoms in total. The van der Waals surface area contributed by atoms with E-state index < -0.39 is 32.9 Å². The number of aryl methyl sites for hydroxylation is 3. The van der Waals surface area contributed by atoms with Gasteiger partial charge in [0.1, 0.15) is 6.04 Å². The van der Waals surface area contributed by atoms with Crippen molar-refractivity contribution in [2.24, 2.45) is 0 Å². The first-order chi connectivity index (χ1) is 13.3. The fraction of sp³-hybridized carbons (Fsp3) is 0.333. The first kappa shape index (κ1) is 23.2. The third-order valence-corrected chi connectivity index (χ3v) is 6.91. The second-order valence-corrected chi connectivity index (χ2v) is 9.25. The monoisotopic (exact) mass is 448 g/mol. The van der Waals surface area contributed by atoms with Crippen molar-refractivity contribution in [1.82, 2.24) is 4.72 Å². The molecule has 1 atom stereocenters. The number of benzene rings is 2. The van der Waals surface area contributed by atoms with E-state index in [4.69, 9.17) is 0 Å². The van der Waals surface area contributed by atoms with Crippen LogP contribution in [-0.2, 0) is 10.0 Å². The number of alkyl halides is 3. The Kier molecular flexibility index (Phi) is 6.97. The molecule has 0 aliphatic heterocycles. The van der Waals surface area contributed by atoms with Crippen molar-refractivity contribution < 1.29 is 26.5 Å². The zero-order valence-electron chi connectivity index (χ0n) is 15.8. The number of nitrogens with zero attached hydrogens (tertiary/aromatic N) is 1. The Morgan fingerprint density at radius 3 is 2.07 bits per heavy atom. The van der Waals surface area contributed by atoms with Crippen LogP contribution in [0.15, 0.2) is 46.2 Å². The largest absolute Gasteiger partial charge is 0.405 e. The predicted molar refractivity (Wildman–Crippen MR) is 105 cm³/mol. The van der Waals surface area contributed by atoms with Crippen LogP contribution in [0.2, 0.25) is 0 Å². The molecule has 29 heavy (non-hydrogen) atoms. The average Bonchev–Trinajstić information content (AvgIpc) is 2.56. The smallest absolute Gasteiger partial charge is 0.258 e. The van der Waals surface area contributed by atoms with Crippen LogP contribution in [0.1, 0.15) is 16.7 Å². The van der Waals surface area contributed by atoms with Gasteiger partial charge in [0.25, 0.3) is 5.69 Å². The Hall–Kier alpha value is -2.11. The van der Waals surface area contributed by atoms with Gasteiger partial charge in [-0.05, 0) is 44.0 Å². The predicted octanol–water partition coefficient (Wildman–Crippen LogP) is 4.52. The first-order valence-electron chi connectivity index (χ1n) is 8.35. The fourth-order valence-electron chi connectivity index (χ4n) is 2.88. The molecule has 1 N–H and O–H groups in total. The zero-order valence-corrected chi connectivity index (χ0v) is 17.4. The maximum atomic E-state index is 13.5. The summed E-state index contributed by atoms with van der Waals surface area (Å²) in [7, 11) is -4.42. The van der Waals surface area contributed by atoms with E-state index in [-0.39, 0.29) is 10.6 Å². The molecule has 0 amide bonds. The quantitative estimate of drug-likeness (QED) is 0.382. The minimum atomic E-state index is -4.81. The number of rotatable bonds is 7. The molecule has 0 saturated heterocycles. The van der Waals surface area contributed by atoms with E-state index in [1.165, 1.54) is 38.1 Å². The molecule has 0 bridgehead atoms. The van der Waals surface area contributed by atoms with E-state index in [0.29, 0.717) is 16.0 Å². The standard InChI is InChI=1S/C18H19F3N2O4S2/c1-11-8-12(2)17(13(3)9-11)29(26,27)22-16(18(19,20)21)10-28-15-6-4-14(5-7-15)23(24)25/h4-9,16,22H,10H2,1-3H3. The van der Waals surface area contributed by atoms with Crippen molar-refractivity contribution in [3.8, 4) is 0 Å². The molecule has 0 fully saturated rings. The number of hydrogen-bond donors (Lipinski definition) is 1. The number of halogens is 3. The Bertz CT molecular complexity index is 984. The molecule has 1 unspecified atom stereocenters. The third kappa shape index (κ3) is 5.94. The van der Waals surface area contributed by atoms with Crippen molar-refractivity contribution in [3.05, 3.63) is 63.2 Å². The molecule has 0 heterocycles. The second kappa shape index (κ2) is 8.72. The van der Waals surface area contributed by atoms with Crippen molar-refractivity contribution in [1.29, 1.82) is 0 Å². The first-order valence-corrected chi connectivity index (χ1v) is 10.8. The van der Waals surface area contributed by atoms with Gasteiger partial charge in [-0.3, -0.25) is 10.1 Å². The molecule has 11 heteroatoms. The Morgan fingerprint density at radius 1 is 1.10 bits per heavy atom. The van der Waals surface area contributed by atoms with Gasteiger partial charge >= 0.3 is 6.18 Å². The van der Waals surface area contributed by atoms with E-state index >= 15 is 0 Å². The van der Waals surface area contributed by atoms with Crippen LogP contribution in [0.4, 0.5) is 18.9 Å². The van der Waals surface area contributed by atoms with E-state index in [1.807, 2.05) is 0 Å². The number of nitro benzene ring substituents is 1. The normalized spacial score (nSPS) is 13.3. The fourth-order valence-corrected chi connectivity index (χ4v) is 5.62. The Morgan fingerprint density at radius 2 is 1.62 bits per heavy atom. The topological polar surface area (TPSA) is 89.3 Å². The summed E-state index contributed by atoms with van der Waals surface area (Å²) in [6.45, 7) is 4.83. The molecule has 0 spiro atoms. The maximum Gasteiger partial charge on any atom is 0.405 e. The van der Waals surface area contributed by atoms with Gasteiger partial charge in [0, 0.05) is 22.8 Å². The number of non-ortho nitro benzene ring substituents is 1. The number of hydrogen-bond acceptors (Lipinski definition) is 5. The van der Waals surface area contributed by atoms with Crippen LogP contribution in [0, 0.1) is 30.9 Å². The lowest BCUT2D eigenvalue weighted by Crippen LogP contribution is -2.47. The van der Waals surface area contributed by atoms with Crippen molar-refractivity contribution in [3.63, 3.8) is 0 Å². The summed E-state index contributed by atoms with van der Waals surface area (Å²) in [5.41, 5.74) is 1.34. The molecule has 0 radical (unpaired) electrons. The SMILES string of the molecule is Cc1cc(C)c(S(=O)(=O)NC(CSc2ccc([N+](=O)[O-])cc2)C(F)(F)F)c(C)c1. The van der Waals surface area contributed by atoms with Gasteiger partial charge in [-0.2, -0.15) is 17.9 Å². The van der Waals surface area contributed by atoms with Gasteiger partial charge < -0.3 is 0 Å². The molecule has 0 aliphatic rings. The van der Waals surface area contributed by atoms with Gasteiger partial charge in [0.2, 0.25) is 10.0 Å². The van der Waals surface area contributed by atoms with Crippen LogP contribution in [0.25, 0.3) is 0 Å². The highest BCUT2D eigenvalue weighted by atomic mass is 32.2. The van der Waals surface area contributed by atoms with Crippen molar-refractivity contribution in [2.45, 2.75) is 42.8 Å². The highest BCUT2D eigenvalue weighted by Gasteiger charge is 2.42. The summed E-state index contributed by atoms with van der Waals surface area (Å²) in [5.74, 6) is -0.621. The molecule has 0 aliphatic carbocycles. The average molecular weight is 448 g/mol. The van der Waals surface area contributed by atoms with Crippen LogP contribution < -0.4 is 4.72 Å². The van der Waals surface area contributed by atoms with Crippen LogP contribution >= 0.6 is 11.8 Å². The van der Waals surface area contributed by atoms with Crippen LogP contribution in [0.3, 0.4) is 0 Å². The van der Waals surface area contributed by atoms with E-state index in [9.17, 15) is 31.7 Å². The Balaban J connectivity index is 2.24. The molecule has 2 aromatic carbocycles. The number of nitro groups is 1. The summed E-state index contributed by atoms with van der Waals surface area (Å²) in [4.78, 5) is 10.2. The molecule has 0 aromatic heterocycles. The highest BCUT2D eigenvalue weighted by Crippen LogP contribution is 2.30. The minimum Gasteiger partial charge on any atom is -0.258 e. The summed E-state index contributed by atoms with van der Waals surface area (Å²) in [6.07, 6.45) is -4.81. The second-order valence-electron chi connectivity index (χ2n) is 6.51. The summed E-state index contributed by atoms with van der Waals surface area (Å²) < 4.78 is 67.5. The molecule has 158 valence electrons. The molecular formula is C18H19F3N2O4S2. The van der Waals surface area contributed by atoms with Gasteiger partial charge in [0.05, 0.1) is 9.82 Å². The van der Waals surface area contributed by atoms with Crippen LogP contribution in [-0.4, -0.2) is 31.3 Å². The lowest BCUT2D eigenvalue weighted by molar-refractivity contribution is -0.384. The summed E-state index contributed by atoms with van der Waals surface area (Å²) in [5, 5.41) is 10.7. The lowest BCUT2D eigenvalue weighted by atomic mass is 10.1. The summed E-state index contributed by atoms with van der Waals surface area (Å²) in [6, 6.07) is 5.85. The van der Waals surface area contributed by atoms with Gasteiger partial charge in [-0.15, -0.1) is 11.8 Å². The highest BCUT2D eigenvalue weighted by molar-refractivity contribution is 7.99. The van der Waals surface area contributed by atoms with E-state index in [1.54, 1.807) is 23.8 Å². The number of thioether (sulfide) groups is 1. The molecule has 2 aromatic rings. The van der Waals surface area contributed by atoms with Crippen LogP contribution in [0.5, 0.6) is 0 Å². The van der Waals surface area contributed by atoms with E-state index in [2.05, 4.69) is 0 Å². The zero-order chi connectivity index (χ0) is 22.0. The van der Waals surface area contributed by atoms with Crippen molar-refractivity contribution in [2.75, 3.05) is 5.75 Å². The molecular weight excluding hydrogens is 429 g/mol. The summed E-state index contributed by atoms with van der Waals surface area (Å²) >= 11 is 0.753. The van der Waals surface area contributed by atoms with Gasteiger partial charge in [0.15, 0.2) is 0 Å². The third-order valence-electron chi connectivity index (χ3n) is 4.03. The molecule has 2 rings (SSSR count). The minimum absolute atomic E-state index is 0.169. The van der Waals surface area contributed by atoms with E-state index in [0.717, 1.165) is 17.3 Å². The number of nitrogens with one attached hydrogen (secondary N) is 1. The molecule has 0 saturated carbocycles. The maximum absolute atomic E-state index is 13.5. The van der Waals surface area contributed by atoms with Crippen molar-refractivity contribution >= 4 is 27.5 Å². The van der Waals surface area contributed by atoms with Gasteiger partial charge in [-0.25, -0.2) is 8.42 Å². The van der Waals surface area contributed by atoms with Gasteiger partial charge in [-0.1, -0.05) is 17.7 Å². The number of sulfonamides is 1. The lowest BCUT2D eigenvalue weighted by Gasteiger charge is -2.22.